The van der Waals surface area contributed by atoms with E-state index in [1.165, 1.54) is 5.56 Å². The first-order chi connectivity index (χ1) is 21.2. The van der Waals surface area contributed by atoms with Crippen LogP contribution in [0.3, 0.4) is 0 Å². The van der Waals surface area contributed by atoms with Crippen LogP contribution in [0.1, 0.15) is 16.7 Å². The molecule has 6 rings (SSSR count). The molecule has 0 aliphatic rings. The van der Waals surface area contributed by atoms with Gasteiger partial charge in [0.2, 0.25) is 0 Å². The molecule has 0 amide bonds. The Hall–Kier alpha value is -5.38. The van der Waals surface area contributed by atoms with Crippen LogP contribution in [0.5, 0.6) is 0 Å². The van der Waals surface area contributed by atoms with Gasteiger partial charge in [-0.15, -0.1) is 0 Å². The Morgan fingerprint density at radius 3 is 1.63 bits per heavy atom. The van der Waals surface area contributed by atoms with Crippen molar-refractivity contribution in [2.24, 2.45) is 0 Å². The van der Waals surface area contributed by atoms with Crippen LogP contribution in [-0.4, -0.2) is 0 Å². The molecule has 0 saturated carbocycles. The van der Waals surface area contributed by atoms with Gasteiger partial charge in [0.05, 0.1) is 11.4 Å². The van der Waals surface area contributed by atoms with Crippen molar-refractivity contribution >= 4 is 34.5 Å². The summed E-state index contributed by atoms with van der Waals surface area (Å²) >= 11 is 0. The number of hydrogen-bond acceptors (Lipinski definition) is 3. The highest BCUT2D eigenvalue weighted by Gasteiger charge is 2.14. The van der Waals surface area contributed by atoms with Gasteiger partial charge in [0.15, 0.2) is 0 Å². The summed E-state index contributed by atoms with van der Waals surface area (Å²) in [5.41, 5.74) is 11.0. The van der Waals surface area contributed by atoms with Crippen LogP contribution in [-0.2, 0) is 11.4 Å². The number of nitrogens with zero attached hydrogens (tertiary/aromatic N) is 2. The molecule has 3 heteroatoms. The number of rotatable bonds is 10. The summed E-state index contributed by atoms with van der Waals surface area (Å²) in [4.78, 5) is 8.65. The molecule has 0 spiro atoms. The standard InChI is InChI=1S/C40H34N2O/c1-3-32-17-19-33(20-18-32)30-43-42(38-14-8-5-9-15-38)39-27-23-35(24-28-39)34-21-25-37(26-22-34)41(36-12-6-4-7-13-36)40-16-10-11-31(2)29-40/h3-29H,1,30H2,2H3. The van der Waals surface area contributed by atoms with E-state index in [0.29, 0.717) is 6.61 Å². The van der Waals surface area contributed by atoms with Gasteiger partial charge in [0, 0.05) is 17.1 Å². The largest absolute Gasteiger partial charge is 0.310 e. The lowest BCUT2D eigenvalue weighted by molar-refractivity contribution is 0.122. The Morgan fingerprint density at radius 2 is 1.05 bits per heavy atom. The average molecular weight is 559 g/mol. The molecule has 6 aromatic carbocycles. The predicted molar refractivity (Wildman–Crippen MR) is 181 cm³/mol. The van der Waals surface area contributed by atoms with Crippen LogP contribution < -0.4 is 9.96 Å². The topological polar surface area (TPSA) is 15.7 Å². The van der Waals surface area contributed by atoms with Crippen LogP contribution in [0.25, 0.3) is 17.2 Å². The molecule has 0 atom stereocenters. The summed E-state index contributed by atoms with van der Waals surface area (Å²) < 4.78 is 0. The van der Waals surface area contributed by atoms with E-state index >= 15 is 0 Å². The molecule has 0 bridgehead atoms. The monoisotopic (exact) mass is 558 g/mol. The van der Waals surface area contributed by atoms with Crippen molar-refractivity contribution in [3.05, 3.63) is 181 Å². The number of para-hydroxylation sites is 2. The van der Waals surface area contributed by atoms with Crippen molar-refractivity contribution in [1.82, 2.24) is 0 Å². The highest BCUT2D eigenvalue weighted by molar-refractivity contribution is 5.79. The van der Waals surface area contributed by atoms with Crippen LogP contribution in [0.4, 0.5) is 28.4 Å². The Labute approximate surface area is 254 Å². The highest BCUT2D eigenvalue weighted by atomic mass is 16.7. The van der Waals surface area contributed by atoms with E-state index in [9.17, 15) is 0 Å². The van der Waals surface area contributed by atoms with Crippen molar-refractivity contribution in [2.45, 2.75) is 13.5 Å². The van der Waals surface area contributed by atoms with Gasteiger partial charge < -0.3 is 4.90 Å². The van der Waals surface area contributed by atoms with Crippen molar-refractivity contribution in [3.8, 4) is 11.1 Å². The van der Waals surface area contributed by atoms with E-state index in [2.05, 4.69) is 158 Å². The maximum atomic E-state index is 6.36. The van der Waals surface area contributed by atoms with E-state index in [1.807, 2.05) is 29.3 Å². The second-order valence-corrected chi connectivity index (χ2v) is 10.5. The fourth-order valence-corrected chi connectivity index (χ4v) is 5.13. The van der Waals surface area contributed by atoms with E-state index in [-0.39, 0.29) is 0 Å². The van der Waals surface area contributed by atoms with E-state index in [1.54, 1.807) is 0 Å². The normalized spacial score (nSPS) is 10.7. The lowest BCUT2D eigenvalue weighted by atomic mass is 10.0. The molecule has 0 heterocycles. The number of anilines is 5. The molecular weight excluding hydrogens is 524 g/mol. The fourth-order valence-electron chi connectivity index (χ4n) is 5.13. The zero-order chi connectivity index (χ0) is 29.4. The zero-order valence-electron chi connectivity index (χ0n) is 24.3. The molecule has 0 N–H and O–H groups in total. The van der Waals surface area contributed by atoms with E-state index < -0.39 is 0 Å². The first-order valence-electron chi connectivity index (χ1n) is 14.5. The second-order valence-electron chi connectivity index (χ2n) is 10.5. The third-order valence-electron chi connectivity index (χ3n) is 7.40. The summed E-state index contributed by atoms with van der Waals surface area (Å²) in [5, 5.41) is 1.90. The molecule has 43 heavy (non-hydrogen) atoms. The molecule has 6 aromatic rings. The van der Waals surface area contributed by atoms with Crippen LogP contribution in [0.15, 0.2) is 164 Å². The van der Waals surface area contributed by atoms with Crippen LogP contribution in [0.2, 0.25) is 0 Å². The average Bonchev–Trinajstić information content (AvgIpc) is 3.07. The Bertz CT molecular complexity index is 1760. The van der Waals surface area contributed by atoms with Gasteiger partial charge in [0.25, 0.3) is 0 Å². The molecule has 3 nitrogen and oxygen atoms in total. The number of aryl methyl sites for hydroxylation is 1. The van der Waals surface area contributed by atoms with Gasteiger partial charge in [-0.05, 0) is 95.4 Å². The SMILES string of the molecule is C=Cc1ccc(CON(c2ccccc2)c2ccc(-c3ccc(N(c4ccccc4)c4cccc(C)c4)cc3)cc2)cc1. The lowest BCUT2D eigenvalue weighted by Gasteiger charge is -2.26. The molecular formula is C40H34N2O. The van der Waals surface area contributed by atoms with Crippen molar-refractivity contribution in [3.63, 3.8) is 0 Å². The number of hydrogen-bond donors (Lipinski definition) is 0. The molecule has 210 valence electrons. The zero-order valence-corrected chi connectivity index (χ0v) is 24.3. The van der Waals surface area contributed by atoms with Crippen LogP contribution in [0, 0.1) is 6.92 Å². The fraction of sp³-hybridized carbons (Fsp3) is 0.0500. The molecule has 0 fully saturated rings. The summed E-state index contributed by atoms with van der Waals surface area (Å²) in [6.07, 6.45) is 1.85. The molecule has 0 aliphatic heterocycles. The highest BCUT2D eigenvalue weighted by Crippen LogP contribution is 2.36. The predicted octanol–water partition coefficient (Wildman–Crippen LogP) is 11.0. The first kappa shape index (κ1) is 27.8. The quantitative estimate of drug-likeness (QED) is 0.156. The van der Waals surface area contributed by atoms with Crippen molar-refractivity contribution < 1.29 is 4.84 Å². The second kappa shape index (κ2) is 13.1. The lowest BCUT2D eigenvalue weighted by Crippen LogP contribution is -2.17. The minimum absolute atomic E-state index is 0.453. The van der Waals surface area contributed by atoms with Gasteiger partial charge in [-0.2, -0.15) is 0 Å². The van der Waals surface area contributed by atoms with Gasteiger partial charge in [0.1, 0.15) is 6.61 Å². The summed E-state index contributed by atoms with van der Waals surface area (Å²) in [6, 6.07) is 54.8. The van der Waals surface area contributed by atoms with E-state index in [0.717, 1.165) is 50.7 Å². The van der Waals surface area contributed by atoms with Gasteiger partial charge in [-0.1, -0.05) is 110 Å². The van der Waals surface area contributed by atoms with Crippen molar-refractivity contribution in [2.75, 3.05) is 9.96 Å². The summed E-state index contributed by atoms with van der Waals surface area (Å²) in [7, 11) is 0. The van der Waals surface area contributed by atoms with Crippen LogP contribution >= 0.6 is 0 Å². The molecule has 0 radical (unpaired) electrons. The first-order valence-corrected chi connectivity index (χ1v) is 14.5. The molecule has 0 saturated heterocycles. The Morgan fingerprint density at radius 1 is 0.535 bits per heavy atom. The van der Waals surface area contributed by atoms with Gasteiger partial charge >= 0.3 is 0 Å². The summed E-state index contributed by atoms with van der Waals surface area (Å²) in [6.45, 7) is 6.42. The summed E-state index contributed by atoms with van der Waals surface area (Å²) in [5.74, 6) is 0. The van der Waals surface area contributed by atoms with Gasteiger partial charge in [-0.25, -0.2) is 5.06 Å². The Balaban J connectivity index is 1.25. The minimum Gasteiger partial charge on any atom is -0.310 e. The smallest absolute Gasteiger partial charge is 0.100 e. The third kappa shape index (κ3) is 6.59. The van der Waals surface area contributed by atoms with Crippen molar-refractivity contribution in [1.29, 1.82) is 0 Å². The minimum atomic E-state index is 0.453. The molecule has 0 aromatic heterocycles. The number of benzene rings is 6. The van der Waals surface area contributed by atoms with E-state index in [4.69, 9.17) is 4.84 Å². The molecule has 0 unspecified atom stereocenters. The molecule has 0 aliphatic carbocycles. The third-order valence-corrected chi connectivity index (χ3v) is 7.40. The maximum absolute atomic E-state index is 6.36. The maximum Gasteiger partial charge on any atom is 0.100 e. The Kier molecular flexibility index (Phi) is 8.44. The van der Waals surface area contributed by atoms with Gasteiger partial charge in [-0.3, -0.25) is 4.84 Å².